The number of nitrogens with zero attached hydrogens (tertiary/aromatic N) is 2. The third kappa shape index (κ3) is 3.29. The Morgan fingerprint density at radius 3 is 2.75 bits per heavy atom. The van der Waals surface area contributed by atoms with Gasteiger partial charge in [-0.05, 0) is 25.6 Å². The average molecular weight is 222 g/mol. The Morgan fingerprint density at radius 1 is 1.62 bits per heavy atom. The lowest BCUT2D eigenvalue weighted by molar-refractivity contribution is -0.119. The molecule has 2 atom stereocenters. The van der Waals surface area contributed by atoms with E-state index in [1.54, 1.807) is 12.4 Å². The molecule has 0 aliphatic carbocycles. The molecule has 1 heterocycles. The molecule has 1 amide bonds. The summed E-state index contributed by atoms with van der Waals surface area (Å²) in [6, 6.07) is 3.64. The van der Waals surface area contributed by atoms with Crippen molar-refractivity contribution in [2.75, 3.05) is 13.6 Å². The molecule has 88 valence electrons. The van der Waals surface area contributed by atoms with E-state index in [1.165, 1.54) is 0 Å². The van der Waals surface area contributed by atoms with Gasteiger partial charge < -0.3 is 11.5 Å². The van der Waals surface area contributed by atoms with Crippen molar-refractivity contribution in [1.29, 1.82) is 0 Å². The van der Waals surface area contributed by atoms with Crippen LogP contribution in [0.1, 0.15) is 18.5 Å². The van der Waals surface area contributed by atoms with Crippen LogP contribution in [0.5, 0.6) is 0 Å². The summed E-state index contributed by atoms with van der Waals surface area (Å²) in [5.41, 5.74) is 12.1. The molecule has 0 radical (unpaired) electrons. The minimum atomic E-state index is -0.364. The van der Waals surface area contributed by atoms with Crippen molar-refractivity contribution in [3.63, 3.8) is 0 Å². The number of rotatable bonds is 5. The molecule has 0 aromatic carbocycles. The molecule has 0 aliphatic heterocycles. The standard InChI is InChI=1S/C11H18N4O/c1-8(12)11(15(2)7-10(13)16)9-4-3-5-14-6-9/h3-6,8,11H,7,12H2,1-2H3,(H2,13,16). The van der Waals surface area contributed by atoms with E-state index in [0.29, 0.717) is 0 Å². The Morgan fingerprint density at radius 2 is 2.31 bits per heavy atom. The van der Waals surface area contributed by atoms with Crippen LogP contribution in [0.2, 0.25) is 0 Å². The van der Waals surface area contributed by atoms with Gasteiger partial charge in [-0.3, -0.25) is 14.7 Å². The molecule has 1 aromatic rings. The maximum Gasteiger partial charge on any atom is 0.231 e. The first kappa shape index (κ1) is 12.6. The number of nitrogens with two attached hydrogens (primary N) is 2. The Balaban J connectivity index is 2.87. The lowest BCUT2D eigenvalue weighted by Gasteiger charge is -2.30. The highest BCUT2D eigenvalue weighted by atomic mass is 16.1. The zero-order chi connectivity index (χ0) is 12.1. The molecule has 16 heavy (non-hydrogen) atoms. The summed E-state index contributed by atoms with van der Waals surface area (Å²) in [7, 11) is 1.83. The van der Waals surface area contributed by atoms with E-state index in [9.17, 15) is 4.79 Å². The number of carbonyl (C=O) groups excluding carboxylic acids is 1. The van der Waals surface area contributed by atoms with Crippen LogP contribution in [0, 0.1) is 0 Å². The summed E-state index contributed by atoms with van der Waals surface area (Å²) in [4.78, 5) is 16.8. The Bertz CT molecular complexity index is 339. The van der Waals surface area contributed by atoms with Gasteiger partial charge in [-0.1, -0.05) is 6.07 Å². The molecular weight excluding hydrogens is 204 g/mol. The minimum Gasteiger partial charge on any atom is -0.369 e. The maximum absolute atomic E-state index is 10.9. The number of pyridine rings is 1. The van der Waals surface area contributed by atoms with Gasteiger partial charge in [-0.2, -0.15) is 0 Å². The number of likely N-dealkylation sites (N-methyl/N-ethyl adjacent to an activating group) is 1. The van der Waals surface area contributed by atoms with E-state index in [2.05, 4.69) is 4.98 Å². The van der Waals surface area contributed by atoms with E-state index in [0.717, 1.165) is 5.56 Å². The van der Waals surface area contributed by atoms with Crippen molar-refractivity contribution >= 4 is 5.91 Å². The highest BCUT2D eigenvalue weighted by Crippen LogP contribution is 2.20. The van der Waals surface area contributed by atoms with Crippen molar-refractivity contribution in [2.45, 2.75) is 19.0 Å². The number of hydrogen-bond donors (Lipinski definition) is 2. The van der Waals surface area contributed by atoms with Gasteiger partial charge in [0.25, 0.3) is 0 Å². The minimum absolute atomic E-state index is 0.0544. The van der Waals surface area contributed by atoms with Crippen LogP contribution in [0.4, 0.5) is 0 Å². The summed E-state index contributed by atoms with van der Waals surface area (Å²) < 4.78 is 0. The van der Waals surface area contributed by atoms with Crippen LogP contribution in [-0.4, -0.2) is 35.4 Å². The largest absolute Gasteiger partial charge is 0.369 e. The quantitative estimate of drug-likeness (QED) is 0.727. The molecule has 0 spiro atoms. The fourth-order valence-electron chi connectivity index (χ4n) is 1.85. The molecule has 0 bridgehead atoms. The van der Waals surface area contributed by atoms with Crippen molar-refractivity contribution < 1.29 is 4.79 Å². The van der Waals surface area contributed by atoms with Crippen molar-refractivity contribution in [3.05, 3.63) is 30.1 Å². The smallest absolute Gasteiger partial charge is 0.231 e. The van der Waals surface area contributed by atoms with Gasteiger partial charge >= 0.3 is 0 Å². The van der Waals surface area contributed by atoms with Crippen LogP contribution in [0.3, 0.4) is 0 Å². The zero-order valence-corrected chi connectivity index (χ0v) is 9.63. The molecule has 0 saturated heterocycles. The number of amides is 1. The van der Waals surface area contributed by atoms with E-state index in [1.807, 2.05) is 31.0 Å². The third-order valence-corrected chi connectivity index (χ3v) is 2.40. The fourth-order valence-corrected chi connectivity index (χ4v) is 1.85. The van der Waals surface area contributed by atoms with E-state index >= 15 is 0 Å². The molecule has 1 aromatic heterocycles. The van der Waals surface area contributed by atoms with E-state index in [-0.39, 0.29) is 24.5 Å². The summed E-state index contributed by atoms with van der Waals surface area (Å²) in [6.45, 7) is 2.08. The van der Waals surface area contributed by atoms with Gasteiger partial charge in [0.15, 0.2) is 0 Å². The molecule has 0 saturated carbocycles. The number of aromatic nitrogens is 1. The molecule has 5 nitrogen and oxygen atoms in total. The highest BCUT2D eigenvalue weighted by molar-refractivity contribution is 5.75. The molecule has 4 N–H and O–H groups in total. The molecule has 0 fully saturated rings. The molecule has 1 rings (SSSR count). The summed E-state index contributed by atoms with van der Waals surface area (Å²) in [6.07, 6.45) is 3.46. The topological polar surface area (TPSA) is 85.2 Å². The molecule has 0 aliphatic rings. The number of hydrogen-bond acceptors (Lipinski definition) is 4. The molecule has 5 heteroatoms. The van der Waals surface area contributed by atoms with Crippen LogP contribution in [0.25, 0.3) is 0 Å². The second-order valence-corrected chi connectivity index (χ2v) is 3.97. The fraction of sp³-hybridized carbons (Fsp3) is 0.455. The van der Waals surface area contributed by atoms with Gasteiger partial charge in [0.05, 0.1) is 12.6 Å². The zero-order valence-electron chi connectivity index (χ0n) is 9.63. The van der Waals surface area contributed by atoms with Crippen molar-refractivity contribution in [3.8, 4) is 0 Å². The first-order chi connectivity index (χ1) is 7.52. The monoisotopic (exact) mass is 222 g/mol. The van der Waals surface area contributed by atoms with Crippen molar-refractivity contribution in [1.82, 2.24) is 9.88 Å². The molecular formula is C11H18N4O. The summed E-state index contributed by atoms with van der Waals surface area (Å²) >= 11 is 0. The lowest BCUT2D eigenvalue weighted by Crippen LogP contribution is -2.41. The van der Waals surface area contributed by atoms with Crippen LogP contribution in [0.15, 0.2) is 24.5 Å². The Hall–Kier alpha value is -1.46. The first-order valence-electron chi connectivity index (χ1n) is 5.16. The normalized spacial score (nSPS) is 14.8. The SMILES string of the molecule is CC(N)C(c1cccnc1)N(C)CC(N)=O. The second kappa shape index (κ2) is 5.58. The Labute approximate surface area is 95.4 Å². The molecule has 2 unspecified atom stereocenters. The predicted octanol–water partition coefficient (Wildman–Crippen LogP) is -0.113. The van der Waals surface area contributed by atoms with E-state index < -0.39 is 0 Å². The summed E-state index contributed by atoms with van der Waals surface area (Å²) in [5, 5.41) is 0. The van der Waals surface area contributed by atoms with E-state index in [4.69, 9.17) is 11.5 Å². The van der Waals surface area contributed by atoms with Gasteiger partial charge in [0.2, 0.25) is 5.91 Å². The lowest BCUT2D eigenvalue weighted by atomic mass is 10.0. The second-order valence-electron chi connectivity index (χ2n) is 3.97. The van der Waals surface area contributed by atoms with Gasteiger partial charge in [0.1, 0.15) is 0 Å². The maximum atomic E-state index is 10.9. The predicted molar refractivity (Wildman–Crippen MR) is 62.5 cm³/mol. The number of primary amides is 1. The van der Waals surface area contributed by atoms with Crippen LogP contribution < -0.4 is 11.5 Å². The Kier molecular flexibility index (Phi) is 4.39. The van der Waals surface area contributed by atoms with Crippen LogP contribution in [-0.2, 0) is 4.79 Å². The highest BCUT2D eigenvalue weighted by Gasteiger charge is 2.22. The van der Waals surface area contributed by atoms with Crippen molar-refractivity contribution in [2.24, 2.45) is 11.5 Å². The first-order valence-corrected chi connectivity index (χ1v) is 5.16. The summed E-state index contributed by atoms with van der Waals surface area (Å²) in [5.74, 6) is -0.364. The van der Waals surface area contributed by atoms with Crippen LogP contribution >= 0.6 is 0 Å². The van der Waals surface area contributed by atoms with Gasteiger partial charge in [-0.25, -0.2) is 0 Å². The average Bonchev–Trinajstić information content (AvgIpc) is 2.17. The van der Waals surface area contributed by atoms with Gasteiger partial charge in [-0.15, -0.1) is 0 Å². The number of carbonyl (C=O) groups is 1. The third-order valence-electron chi connectivity index (χ3n) is 2.40. The van der Waals surface area contributed by atoms with Gasteiger partial charge in [0, 0.05) is 18.4 Å².